The number of nitrogens with zero attached hydrogens (tertiary/aromatic N) is 2. The third-order valence-corrected chi connectivity index (χ3v) is 5.02. The van der Waals surface area contributed by atoms with Crippen LogP contribution in [0.3, 0.4) is 0 Å². The molecule has 0 saturated carbocycles. The highest BCUT2D eigenvalue weighted by molar-refractivity contribution is 5.84. The van der Waals surface area contributed by atoms with Crippen LogP contribution >= 0.6 is 0 Å². The summed E-state index contributed by atoms with van der Waals surface area (Å²) in [5, 5.41) is 0. The van der Waals surface area contributed by atoms with Crippen LogP contribution in [-0.2, 0) is 20.7 Å². The summed E-state index contributed by atoms with van der Waals surface area (Å²) < 4.78 is 5.31. The summed E-state index contributed by atoms with van der Waals surface area (Å²) in [5.74, 6) is -0.0134. The summed E-state index contributed by atoms with van der Waals surface area (Å²) in [5.41, 5.74) is 7.20. The van der Waals surface area contributed by atoms with Gasteiger partial charge in [0.05, 0.1) is 25.2 Å². The van der Waals surface area contributed by atoms with Gasteiger partial charge >= 0.3 is 0 Å². The Morgan fingerprint density at radius 3 is 2.56 bits per heavy atom. The molecule has 2 N–H and O–H groups in total. The topological polar surface area (TPSA) is 75.9 Å². The van der Waals surface area contributed by atoms with E-state index in [9.17, 15) is 9.59 Å². The standard InChI is InChI=1S/C19H27N3O3/c20-17(13-15-5-2-1-3-6-15)19(24)22-8-4-7-16(14-22)18(23)21-9-11-25-12-10-21/h1-3,5-6,16-17H,4,7-14,20H2/t16?,17-/m0/s1. The van der Waals surface area contributed by atoms with Crippen molar-refractivity contribution in [2.24, 2.45) is 11.7 Å². The van der Waals surface area contributed by atoms with Gasteiger partial charge in [-0.2, -0.15) is 0 Å². The lowest BCUT2D eigenvalue weighted by Gasteiger charge is -2.37. The molecule has 2 aliphatic heterocycles. The molecule has 2 fully saturated rings. The average Bonchev–Trinajstić information content (AvgIpc) is 2.68. The molecule has 2 heterocycles. The van der Waals surface area contributed by atoms with Crippen molar-refractivity contribution < 1.29 is 14.3 Å². The van der Waals surface area contributed by atoms with Crippen LogP contribution in [-0.4, -0.2) is 67.0 Å². The fourth-order valence-electron chi connectivity index (χ4n) is 3.61. The van der Waals surface area contributed by atoms with E-state index in [1.807, 2.05) is 35.2 Å². The third kappa shape index (κ3) is 4.58. The van der Waals surface area contributed by atoms with Crippen molar-refractivity contribution in [3.63, 3.8) is 0 Å². The van der Waals surface area contributed by atoms with Crippen LogP contribution in [0.2, 0.25) is 0 Å². The second-order valence-corrected chi connectivity index (χ2v) is 6.86. The van der Waals surface area contributed by atoms with Crippen molar-refractivity contribution in [1.82, 2.24) is 9.80 Å². The number of hydrogen-bond acceptors (Lipinski definition) is 4. The molecule has 0 bridgehead atoms. The maximum absolute atomic E-state index is 12.7. The van der Waals surface area contributed by atoms with Gasteiger partial charge in [0.15, 0.2) is 0 Å². The van der Waals surface area contributed by atoms with Gasteiger partial charge in [-0.1, -0.05) is 30.3 Å². The van der Waals surface area contributed by atoms with Gasteiger partial charge in [0.2, 0.25) is 11.8 Å². The molecule has 2 amide bonds. The molecule has 3 rings (SSSR count). The lowest BCUT2D eigenvalue weighted by atomic mass is 9.95. The first-order valence-corrected chi connectivity index (χ1v) is 9.10. The van der Waals surface area contributed by atoms with E-state index in [1.54, 1.807) is 4.90 Å². The van der Waals surface area contributed by atoms with Gasteiger partial charge < -0.3 is 20.3 Å². The maximum atomic E-state index is 12.7. The van der Waals surface area contributed by atoms with Gasteiger partial charge in [-0.15, -0.1) is 0 Å². The Kier molecular flexibility index (Phi) is 6.04. The predicted octanol–water partition coefficient (Wildman–Crippen LogP) is 0.654. The van der Waals surface area contributed by atoms with E-state index in [0.717, 1.165) is 18.4 Å². The zero-order valence-electron chi connectivity index (χ0n) is 14.6. The Hall–Kier alpha value is -1.92. The molecule has 25 heavy (non-hydrogen) atoms. The first kappa shape index (κ1) is 17.9. The van der Waals surface area contributed by atoms with Crippen molar-refractivity contribution in [2.75, 3.05) is 39.4 Å². The number of carbonyl (C=O) groups excluding carboxylic acids is 2. The van der Waals surface area contributed by atoms with Gasteiger partial charge in [-0.05, 0) is 24.8 Å². The average molecular weight is 345 g/mol. The lowest BCUT2D eigenvalue weighted by Crippen LogP contribution is -2.52. The van der Waals surface area contributed by atoms with E-state index < -0.39 is 6.04 Å². The first-order chi connectivity index (χ1) is 12.1. The Morgan fingerprint density at radius 1 is 1.12 bits per heavy atom. The number of rotatable bonds is 4. The molecular formula is C19H27N3O3. The molecule has 136 valence electrons. The van der Waals surface area contributed by atoms with E-state index in [1.165, 1.54) is 0 Å². The molecule has 0 aromatic heterocycles. The van der Waals surface area contributed by atoms with Crippen molar-refractivity contribution in [3.05, 3.63) is 35.9 Å². The third-order valence-electron chi connectivity index (χ3n) is 5.02. The quantitative estimate of drug-likeness (QED) is 0.870. The summed E-state index contributed by atoms with van der Waals surface area (Å²) in [6.07, 6.45) is 2.22. The Balaban J connectivity index is 1.56. The van der Waals surface area contributed by atoms with E-state index in [2.05, 4.69) is 0 Å². The molecule has 2 atom stereocenters. The molecule has 1 aromatic carbocycles. The summed E-state index contributed by atoms with van der Waals surface area (Å²) >= 11 is 0. The van der Waals surface area contributed by atoms with Crippen LogP contribution < -0.4 is 5.73 Å². The van der Waals surface area contributed by atoms with E-state index in [0.29, 0.717) is 45.8 Å². The van der Waals surface area contributed by atoms with Crippen LogP contribution in [0.25, 0.3) is 0 Å². The van der Waals surface area contributed by atoms with Crippen LogP contribution in [0.5, 0.6) is 0 Å². The molecular weight excluding hydrogens is 318 g/mol. The first-order valence-electron chi connectivity index (χ1n) is 9.10. The van der Waals surface area contributed by atoms with E-state index in [4.69, 9.17) is 10.5 Å². The largest absolute Gasteiger partial charge is 0.378 e. The Morgan fingerprint density at radius 2 is 1.84 bits per heavy atom. The number of carbonyl (C=O) groups is 2. The number of benzene rings is 1. The number of hydrogen-bond donors (Lipinski definition) is 1. The predicted molar refractivity (Wildman–Crippen MR) is 94.8 cm³/mol. The molecule has 0 aliphatic carbocycles. The van der Waals surface area contributed by atoms with Gasteiger partial charge in [0.25, 0.3) is 0 Å². The molecule has 1 aromatic rings. The van der Waals surface area contributed by atoms with E-state index in [-0.39, 0.29) is 17.7 Å². The smallest absolute Gasteiger partial charge is 0.239 e. The second-order valence-electron chi connectivity index (χ2n) is 6.86. The number of ether oxygens (including phenoxy) is 1. The lowest BCUT2D eigenvalue weighted by molar-refractivity contribution is -0.144. The fourth-order valence-corrected chi connectivity index (χ4v) is 3.61. The highest BCUT2D eigenvalue weighted by Crippen LogP contribution is 2.20. The minimum Gasteiger partial charge on any atom is -0.378 e. The van der Waals surface area contributed by atoms with Crippen LogP contribution in [0, 0.1) is 5.92 Å². The number of nitrogens with two attached hydrogens (primary N) is 1. The molecule has 0 radical (unpaired) electrons. The molecule has 2 aliphatic rings. The van der Waals surface area contributed by atoms with Gasteiger partial charge in [-0.3, -0.25) is 9.59 Å². The highest BCUT2D eigenvalue weighted by atomic mass is 16.5. The number of piperidine rings is 1. The SMILES string of the molecule is N[C@@H](Cc1ccccc1)C(=O)N1CCCC(C(=O)N2CCOCC2)C1. The van der Waals surface area contributed by atoms with Crippen molar-refractivity contribution in [3.8, 4) is 0 Å². The highest BCUT2D eigenvalue weighted by Gasteiger charge is 2.33. The summed E-state index contributed by atoms with van der Waals surface area (Å²) in [6, 6.07) is 9.25. The molecule has 1 unspecified atom stereocenters. The van der Waals surface area contributed by atoms with Crippen molar-refractivity contribution in [1.29, 1.82) is 0 Å². The van der Waals surface area contributed by atoms with Crippen LogP contribution in [0.15, 0.2) is 30.3 Å². The normalized spacial score (nSPS) is 22.5. The molecule has 0 spiro atoms. The van der Waals surface area contributed by atoms with Crippen molar-refractivity contribution >= 4 is 11.8 Å². The minimum absolute atomic E-state index is 0.0525. The maximum Gasteiger partial charge on any atom is 0.239 e. The zero-order chi connectivity index (χ0) is 17.6. The van der Waals surface area contributed by atoms with Crippen LogP contribution in [0.1, 0.15) is 18.4 Å². The minimum atomic E-state index is -0.556. The monoisotopic (exact) mass is 345 g/mol. The van der Waals surface area contributed by atoms with Gasteiger partial charge in [0, 0.05) is 26.2 Å². The second kappa shape index (κ2) is 8.45. The van der Waals surface area contributed by atoms with Gasteiger partial charge in [-0.25, -0.2) is 0 Å². The van der Waals surface area contributed by atoms with Gasteiger partial charge in [0.1, 0.15) is 0 Å². The molecule has 2 saturated heterocycles. The summed E-state index contributed by atoms with van der Waals surface area (Å²) in [4.78, 5) is 29.0. The Bertz CT molecular complexity index is 587. The molecule has 6 heteroatoms. The fraction of sp³-hybridized carbons (Fsp3) is 0.579. The molecule has 6 nitrogen and oxygen atoms in total. The van der Waals surface area contributed by atoms with Crippen LogP contribution in [0.4, 0.5) is 0 Å². The van der Waals surface area contributed by atoms with E-state index >= 15 is 0 Å². The number of likely N-dealkylation sites (tertiary alicyclic amines) is 1. The summed E-state index contributed by atoms with van der Waals surface area (Å²) in [6.45, 7) is 3.67. The number of amides is 2. The number of morpholine rings is 1. The Labute approximate surface area is 148 Å². The zero-order valence-corrected chi connectivity index (χ0v) is 14.6. The van der Waals surface area contributed by atoms with Crippen molar-refractivity contribution in [2.45, 2.75) is 25.3 Å². The summed E-state index contributed by atoms with van der Waals surface area (Å²) in [7, 11) is 0.